The second-order valence-electron chi connectivity index (χ2n) is 4.79. The second-order valence-corrected chi connectivity index (χ2v) is 4.79. The summed E-state index contributed by atoms with van der Waals surface area (Å²) >= 11 is 0. The van der Waals surface area contributed by atoms with Crippen LogP contribution in [-0.2, 0) is 4.79 Å². The van der Waals surface area contributed by atoms with Crippen molar-refractivity contribution in [3.05, 3.63) is 66.2 Å². The smallest absolute Gasteiger partial charge is 0.248 e. The fourth-order valence-electron chi connectivity index (χ4n) is 1.66. The summed E-state index contributed by atoms with van der Waals surface area (Å²) < 4.78 is 0. The van der Waals surface area contributed by atoms with Gasteiger partial charge in [0.15, 0.2) is 0 Å². The van der Waals surface area contributed by atoms with Gasteiger partial charge in [0.05, 0.1) is 11.4 Å². The van der Waals surface area contributed by atoms with Gasteiger partial charge in [-0.1, -0.05) is 23.8 Å². The first kappa shape index (κ1) is 14.7. The fraction of sp³-hybridized carbons (Fsp3) is 0.118. The number of amides is 1. The van der Waals surface area contributed by atoms with Crippen LogP contribution in [0.4, 0.5) is 17.1 Å². The van der Waals surface area contributed by atoms with E-state index < -0.39 is 0 Å². The Morgan fingerprint density at radius 2 is 1.48 bits per heavy atom. The highest BCUT2D eigenvalue weighted by Crippen LogP contribution is 2.20. The van der Waals surface area contributed by atoms with Crippen LogP contribution in [0.3, 0.4) is 0 Å². The summed E-state index contributed by atoms with van der Waals surface area (Å²) in [7, 11) is 0. The Bertz CT molecular complexity index is 654. The topological polar surface area (TPSA) is 53.8 Å². The van der Waals surface area contributed by atoms with Gasteiger partial charge in [-0.15, -0.1) is 0 Å². The Hall–Kier alpha value is -2.75. The van der Waals surface area contributed by atoms with Crippen LogP contribution in [0.2, 0.25) is 0 Å². The number of carbonyl (C=O) groups is 1. The molecule has 0 aromatic heterocycles. The van der Waals surface area contributed by atoms with E-state index in [9.17, 15) is 4.79 Å². The van der Waals surface area contributed by atoms with Crippen LogP contribution >= 0.6 is 0 Å². The lowest BCUT2D eigenvalue weighted by molar-refractivity contribution is -0.111. The maximum Gasteiger partial charge on any atom is 0.248 e. The van der Waals surface area contributed by atoms with Crippen LogP contribution in [0.5, 0.6) is 0 Å². The molecule has 1 N–H and O–H groups in total. The van der Waals surface area contributed by atoms with Crippen LogP contribution in [0.15, 0.2) is 76.5 Å². The van der Waals surface area contributed by atoms with Gasteiger partial charge in [-0.25, -0.2) is 0 Å². The van der Waals surface area contributed by atoms with E-state index in [1.807, 2.05) is 56.3 Å². The Balaban J connectivity index is 2.01. The molecule has 0 atom stereocenters. The molecule has 0 aliphatic rings. The van der Waals surface area contributed by atoms with Crippen molar-refractivity contribution in [1.29, 1.82) is 0 Å². The number of nitrogens with one attached hydrogen (secondary N) is 1. The number of carbonyl (C=O) groups excluding carboxylic acids is 1. The Labute approximate surface area is 124 Å². The monoisotopic (exact) mass is 279 g/mol. The molecule has 0 saturated carbocycles. The van der Waals surface area contributed by atoms with Gasteiger partial charge < -0.3 is 5.32 Å². The first-order chi connectivity index (χ1) is 10.1. The molecule has 0 bridgehead atoms. The summed E-state index contributed by atoms with van der Waals surface area (Å²) in [6.07, 6.45) is 1.56. The third kappa shape index (κ3) is 5.03. The number of azo groups is 1. The minimum Gasteiger partial charge on any atom is -0.323 e. The number of hydrogen-bond acceptors (Lipinski definition) is 3. The Kier molecular flexibility index (Phi) is 4.99. The molecule has 0 radical (unpaired) electrons. The second kappa shape index (κ2) is 7.14. The van der Waals surface area contributed by atoms with E-state index in [-0.39, 0.29) is 5.91 Å². The highest BCUT2D eigenvalue weighted by Gasteiger charge is 1.98. The molecule has 0 heterocycles. The van der Waals surface area contributed by atoms with Crippen molar-refractivity contribution in [3.63, 3.8) is 0 Å². The van der Waals surface area contributed by atoms with Crippen molar-refractivity contribution in [2.24, 2.45) is 10.2 Å². The Morgan fingerprint density at radius 1 is 0.905 bits per heavy atom. The van der Waals surface area contributed by atoms with Crippen LogP contribution in [-0.4, -0.2) is 5.91 Å². The zero-order chi connectivity index (χ0) is 15.1. The SMILES string of the molecule is CC(C)=CC(=O)Nc1ccc(/N=N/c2ccccc2)cc1. The van der Waals surface area contributed by atoms with Crippen LogP contribution < -0.4 is 5.32 Å². The highest BCUT2D eigenvalue weighted by atomic mass is 16.1. The molecule has 0 saturated heterocycles. The molecule has 21 heavy (non-hydrogen) atoms. The minimum absolute atomic E-state index is 0.131. The molecule has 0 unspecified atom stereocenters. The summed E-state index contributed by atoms with van der Waals surface area (Å²) in [4.78, 5) is 11.6. The number of anilines is 1. The molecular formula is C17H17N3O. The van der Waals surface area contributed by atoms with Gasteiger partial charge in [-0.3, -0.25) is 4.79 Å². The standard InChI is InChI=1S/C17H17N3O/c1-13(2)12-17(21)18-14-8-10-16(11-9-14)20-19-15-6-4-3-5-7-15/h3-12H,1-2H3,(H,18,21)/b20-19+. The maximum absolute atomic E-state index is 11.6. The van der Waals surface area contributed by atoms with Gasteiger partial charge >= 0.3 is 0 Å². The van der Waals surface area contributed by atoms with E-state index in [0.717, 1.165) is 22.6 Å². The molecule has 0 fully saturated rings. The molecule has 0 spiro atoms. The van der Waals surface area contributed by atoms with Crippen molar-refractivity contribution in [2.45, 2.75) is 13.8 Å². The Morgan fingerprint density at radius 3 is 2.05 bits per heavy atom. The van der Waals surface area contributed by atoms with E-state index in [2.05, 4.69) is 15.5 Å². The lowest BCUT2D eigenvalue weighted by Gasteiger charge is -2.02. The van der Waals surface area contributed by atoms with Crippen LogP contribution in [0.25, 0.3) is 0 Å². The number of hydrogen-bond donors (Lipinski definition) is 1. The summed E-state index contributed by atoms with van der Waals surface area (Å²) in [5.74, 6) is -0.131. The normalized spacial score (nSPS) is 10.4. The molecular weight excluding hydrogens is 262 g/mol. The number of allylic oxidation sites excluding steroid dienone is 1. The predicted molar refractivity (Wildman–Crippen MR) is 85.1 cm³/mol. The molecule has 4 nitrogen and oxygen atoms in total. The van der Waals surface area contributed by atoms with Crippen LogP contribution in [0, 0.1) is 0 Å². The van der Waals surface area contributed by atoms with Gasteiger partial charge in [0.25, 0.3) is 0 Å². The molecule has 0 aliphatic carbocycles. The number of rotatable bonds is 4. The third-order valence-corrected chi connectivity index (χ3v) is 2.59. The van der Waals surface area contributed by atoms with Crippen molar-refractivity contribution < 1.29 is 4.79 Å². The molecule has 0 aliphatic heterocycles. The number of benzene rings is 2. The molecule has 4 heteroatoms. The minimum atomic E-state index is -0.131. The summed E-state index contributed by atoms with van der Waals surface area (Å²) in [6.45, 7) is 3.76. The molecule has 2 aromatic rings. The molecule has 2 aromatic carbocycles. The van der Waals surface area contributed by atoms with Gasteiger partial charge in [0, 0.05) is 11.8 Å². The molecule has 2 rings (SSSR count). The van der Waals surface area contributed by atoms with E-state index in [0.29, 0.717) is 0 Å². The largest absolute Gasteiger partial charge is 0.323 e. The highest BCUT2D eigenvalue weighted by molar-refractivity contribution is 5.99. The summed E-state index contributed by atoms with van der Waals surface area (Å²) in [5, 5.41) is 11.1. The fourth-order valence-corrected chi connectivity index (χ4v) is 1.66. The molecule has 1 amide bonds. The van der Waals surface area contributed by atoms with Gasteiger partial charge in [-0.05, 0) is 50.2 Å². The first-order valence-corrected chi connectivity index (χ1v) is 6.66. The third-order valence-electron chi connectivity index (χ3n) is 2.59. The van der Waals surface area contributed by atoms with Crippen molar-refractivity contribution in [2.75, 3.05) is 5.32 Å². The zero-order valence-corrected chi connectivity index (χ0v) is 12.1. The van der Waals surface area contributed by atoms with Gasteiger partial charge in [0.1, 0.15) is 0 Å². The van der Waals surface area contributed by atoms with E-state index in [4.69, 9.17) is 0 Å². The van der Waals surface area contributed by atoms with E-state index in [1.165, 1.54) is 0 Å². The van der Waals surface area contributed by atoms with E-state index in [1.54, 1.807) is 18.2 Å². The summed E-state index contributed by atoms with van der Waals surface area (Å²) in [5.41, 5.74) is 3.23. The molecule has 106 valence electrons. The quantitative estimate of drug-likeness (QED) is 0.621. The lowest BCUT2D eigenvalue weighted by atomic mass is 10.2. The summed E-state index contributed by atoms with van der Waals surface area (Å²) in [6, 6.07) is 16.8. The zero-order valence-electron chi connectivity index (χ0n) is 12.1. The van der Waals surface area contributed by atoms with E-state index >= 15 is 0 Å². The first-order valence-electron chi connectivity index (χ1n) is 6.66. The van der Waals surface area contributed by atoms with Gasteiger partial charge in [-0.2, -0.15) is 10.2 Å². The lowest BCUT2D eigenvalue weighted by Crippen LogP contribution is -2.07. The van der Waals surface area contributed by atoms with Gasteiger partial charge in [0.2, 0.25) is 5.91 Å². The van der Waals surface area contributed by atoms with Crippen molar-refractivity contribution in [1.82, 2.24) is 0 Å². The van der Waals surface area contributed by atoms with Crippen molar-refractivity contribution in [3.8, 4) is 0 Å². The van der Waals surface area contributed by atoms with Crippen LogP contribution in [0.1, 0.15) is 13.8 Å². The number of nitrogens with zero attached hydrogens (tertiary/aromatic N) is 2. The van der Waals surface area contributed by atoms with Crippen molar-refractivity contribution >= 4 is 23.0 Å². The average molecular weight is 279 g/mol. The maximum atomic E-state index is 11.6. The average Bonchev–Trinajstić information content (AvgIpc) is 2.47. The predicted octanol–water partition coefficient (Wildman–Crippen LogP) is 5.01.